The summed E-state index contributed by atoms with van der Waals surface area (Å²) >= 11 is 5.44. The fourth-order valence-electron chi connectivity index (χ4n) is 0.798. The van der Waals surface area contributed by atoms with Crippen LogP contribution in [0, 0.1) is 0 Å². The molecule has 5 heteroatoms. The molecule has 2 aromatic rings. The molecular weight excluding hydrogens is 178 g/mol. The van der Waals surface area contributed by atoms with Gasteiger partial charge in [-0.1, -0.05) is 11.2 Å². The van der Waals surface area contributed by atoms with Crippen molar-refractivity contribution in [2.75, 3.05) is 0 Å². The maximum atomic E-state index is 5.44. The van der Waals surface area contributed by atoms with E-state index in [1.807, 2.05) is 12.1 Å². The zero-order valence-corrected chi connectivity index (χ0v) is 6.69. The Morgan fingerprint density at radius 3 is 2.75 bits per heavy atom. The summed E-state index contributed by atoms with van der Waals surface area (Å²) < 4.78 is 4.95. The first-order valence-corrected chi connectivity index (χ1v) is 3.64. The van der Waals surface area contributed by atoms with Crippen LogP contribution in [0.5, 0.6) is 0 Å². The quantitative estimate of drug-likeness (QED) is 0.673. The second-order valence-electron chi connectivity index (χ2n) is 2.08. The minimum Gasteiger partial charge on any atom is -0.406 e. The lowest BCUT2D eigenvalue weighted by atomic mass is 10.3. The summed E-state index contributed by atoms with van der Waals surface area (Å²) in [5.74, 6) is 0.334. The van der Waals surface area contributed by atoms with Crippen molar-refractivity contribution in [2.24, 2.45) is 0 Å². The second-order valence-corrected chi connectivity index (χ2v) is 2.40. The van der Waals surface area contributed by atoms with Crippen molar-refractivity contribution in [3.8, 4) is 11.6 Å². The van der Waals surface area contributed by atoms with Gasteiger partial charge in [0.15, 0.2) is 0 Å². The summed E-state index contributed by atoms with van der Waals surface area (Å²) in [4.78, 5) is 4.01. The molecule has 2 heterocycles. The van der Waals surface area contributed by atoms with Crippen LogP contribution in [0.4, 0.5) is 0 Å². The molecule has 0 spiro atoms. The van der Waals surface area contributed by atoms with Gasteiger partial charge in [0.2, 0.25) is 0 Å². The molecule has 12 heavy (non-hydrogen) atoms. The maximum absolute atomic E-state index is 5.44. The monoisotopic (exact) mass is 181 g/mol. The third-order valence-electron chi connectivity index (χ3n) is 1.28. The first kappa shape index (κ1) is 7.24. The predicted octanol–water partition coefficient (Wildman–Crippen LogP) is 1.78. The lowest BCUT2D eigenvalue weighted by Crippen LogP contribution is -1.80. The van der Waals surface area contributed by atoms with Crippen molar-refractivity contribution in [3.63, 3.8) is 0 Å². The van der Waals surface area contributed by atoms with Gasteiger partial charge in [0.1, 0.15) is 5.69 Å². The van der Waals surface area contributed by atoms with Crippen LogP contribution in [0.3, 0.4) is 0 Å². The molecule has 0 amide bonds. The minimum atomic E-state index is 0.0238. The van der Waals surface area contributed by atoms with Crippen LogP contribution in [-0.4, -0.2) is 15.2 Å². The minimum absolute atomic E-state index is 0.0238. The van der Waals surface area contributed by atoms with Gasteiger partial charge in [0.25, 0.3) is 5.89 Å². The molecule has 0 aliphatic carbocycles. The highest BCUT2D eigenvalue weighted by Gasteiger charge is 2.05. The van der Waals surface area contributed by atoms with Crippen molar-refractivity contribution >= 4 is 11.6 Å². The summed E-state index contributed by atoms with van der Waals surface area (Å²) in [7, 11) is 0. The molecule has 0 aliphatic rings. The summed E-state index contributed by atoms with van der Waals surface area (Å²) in [6, 6.07) is 5.41. The summed E-state index contributed by atoms with van der Waals surface area (Å²) in [5, 5.41) is 7.20. The van der Waals surface area contributed by atoms with Gasteiger partial charge in [-0.3, -0.25) is 4.98 Å². The van der Waals surface area contributed by atoms with Crippen molar-refractivity contribution < 1.29 is 4.42 Å². The van der Waals surface area contributed by atoms with Crippen molar-refractivity contribution in [1.82, 2.24) is 15.2 Å². The Labute approximate surface area is 73.2 Å². The van der Waals surface area contributed by atoms with E-state index in [1.54, 1.807) is 12.3 Å². The van der Waals surface area contributed by atoms with Crippen LogP contribution in [0.1, 0.15) is 0 Å². The number of nitrogens with zero attached hydrogens (tertiary/aromatic N) is 3. The molecule has 0 atom stereocenters. The maximum Gasteiger partial charge on any atom is 0.313 e. The number of hydrogen-bond donors (Lipinski definition) is 0. The van der Waals surface area contributed by atoms with Gasteiger partial charge >= 0.3 is 5.35 Å². The van der Waals surface area contributed by atoms with Crippen molar-refractivity contribution in [2.45, 2.75) is 0 Å². The Bertz CT molecular complexity index is 373. The lowest BCUT2D eigenvalue weighted by Gasteiger charge is -1.89. The van der Waals surface area contributed by atoms with E-state index in [0.29, 0.717) is 11.6 Å². The molecule has 2 aromatic heterocycles. The highest BCUT2D eigenvalue weighted by molar-refractivity contribution is 6.27. The van der Waals surface area contributed by atoms with E-state index in [-0.39, 0.29) is 5.35 Å². The largest absolute Gasteiger partial charge is 0.406 e. The van der Waals surface area contributed by atoms with E-state index in [1.165, 1.54) is 0 Å². The molecule has 0 unspecified atom stereocenters. The van der Waals surface area contributed by atoms with Gasteiger partial charge in [-0.15, -0.1) is 5.10 Å². The summed E-state index contributed by atoms with van der Waals surface area (Å²) in [5.41, 5.74) is 0.622. The average Bonchev–Trinajstić information content (AvgIpc) is 2.54. The van der Waals surface area contributed by atoms with Gasteiger partial charge in [0.05, 0.1) is 0 Å². The van der Waals surface area contributed by atoms with Gasteiger partial charge in [-0.2, -0.15) is 0 Å². The first-order valence-electron chi connectivity index (χ1n) is 3.26. The zero-order valence-electron chi connectivity index (χ0n) is 5.94. The van der Waals surface area contributed by atoms with E-state index in [4.69, 9.17) is 16.0 Å². The van der Waals surface area contributed by atoms with E-state index < -0.39 is 0 Å². The molecular formula is C7H4ClN3O. The van der Waals surface area contributed by atoms with Gasteiger partial charge in [-0.05, 0) is 23.7 Å². The van der Waals surface area contributed by atoms with E-state index in [2.05, 4.69) is 15.2 Å². The molecule has 0 saturated heterocycles. The highest BCUT2D eigenvalue weighted by Crippen LogP contribution is 2.16. The highest BCUT2D eigenvalue weighted by atomic mass is 35.5. The average molecular weight is 182 g/mol. The first-order chi connectivity index (χ1) is 5.86. The van der Waals surface area contributed by atoms with Crippen LogP contribution in [0.15, 0.2) is 28.8 Å². The van der Waals surface area contributed by atoms with Gasteiger partial charge < -0.3 is 4.42 Å². The Balaban J connectivity index is 2.45. The third kappa shape index (κ3) is 1.29. The van der Waals surface area contributed by atoms with Crippen molar-refractivity contribution in [1.29, 1.82) is 0 Å². The van der Waals surface area contributed by atoms with Crippen molar-refractivity contribution in [3.05, 3.63) is 29.7 Å². The van der Waals surface area contributed by atoms with Crippen LogP contribution in [0.2, 0.25) is 5.35 Å². The number of halogens is 1. The van der Waals surface area contributed by atoms with Crippen LogP contribution in [-0.2, 0) is 0 Å². The molecule has 0 bridgehead atoms. The third-order valence-corrected chi connectivity index (χ3v) is 1.44. The summed E-state index contributed by atoms with van der Waals surface area (Å²) in [6.07, 6.45) is 1.65. The molecule has 0 saturated carbocycles. The molecule has 60 valence electrons. The molecule has 0 radical (unpaired) electrons. The zero-order chi connectivity index (χ0) is 8.39. The number of hydrogen-bond acceptors (Lipinski definition) is 4. The molecule has 0 N–H and O–H groups in total. The topological polar surface area (TPSA) is 51.8 Å². The number of pyridine rings is 1. The summed E-state index contributed by atoms with van der Waals surface area (Å²) in [6.45, 7) is 0. The Hall–Kier alpha value is -1.42. The van der Waals surface area contributed by atoms with Gasteiger partial charge in [0, 0.05) is 6.20 Å². The molecule has 4 nitrogen and oxygen atoms in total. The Kier molecular flexibility index (Phi) is 1.75. The normalized spacial score (nSPS) is 10.1. The fourth-order valence-corrected chi connectivity index (χ4v) is 0.909. The standard InChI is InChI=1S/C7H4ClN3O/c8-7-11-10-6(12-7)5-3-1-2-4-9-5/h1-4H. The van der Waals surface area contributed by atoms with Crippen LogP contribution in [0.25, 0.3) is 11.6 Å². The van der Waals surface area contributed by atoms with E-state index in [9.17, 15) is 0 Å². The Morgan fingerprint density at radius 2 is 2.17 bits per heavy atom. The SMILES string of the molecule is Clc1nnc(-c2ccccn2)o1. The van der Waals surface area contributed by atoms with E-state index >= 15 is 0 Å². The van der Waals surface area contributed by atoms with Crippen LogP contribution < -0.4 is 0 Å². The van der Waals surface area contributed by atoms with Crippen LogP contribution >= 0.6 is 11.6 Å². The predicted molar refractivity (Wildman–Crippen MR) is 42.5 cm³/mol. The molecule has 2 rings (SSSR count). The van der Waals surface area contributed by atoms with E-state index in [0.717, 1.165) is 0 Å². The van der Waals surface area contributed by atoms with Gasteiger partial charge in [-0.25, -0.2) is 0 Å². The lowest BCUT2D eigenvalue weighted by molar-refractivity contribution is 0.568. The fraction of sp³-hybridized carbons (Fsp3) is 0. The number of aromatic nitrogens is 3. The smallest absolute Gasteiger partial charge is 0.313 e. The molecule has 0 aliphatic heterocycles. The molecule has 0 aromatic carbocycles. The molecule has 0 fully saturated rings. The number of rotatable bonds is 1. The second kappa shape index (κ2) is 2.91. The Morgan fingerprint density at radius 1 is 1.25 bits per heavy atom.